The minimum absolute atomic E-state index is 0.0405. The summed E-state index contributed by atoms with van der Waals surface area (Å²) in [6.45, 7) is 4.79. The van der Waals surface area contributed by atoms with Crippen LogP contribution < -0.4 is 9.62 Å². The number of nitrogens with zero attached hydrogens (tertiary/aromatic N) is 2. The number of anilines is 1. The number of halogens is 4. The number of hydrogen-bond donors (Lipinski definition) is 1. The normalized spacial score (nSPS) is 12.3. The zero-order chi connectivity index (χ0) is 33.6. The van der Waals surface area contributed by atoms with Gasteiger partial charge in [0.15, 0.2) is 0 Å². The van der Waals surface area contributed by atoms with Crippen LogP contribution in [0.3, 0.4) is 0 Å². The van der Waals surface area contributed by atoms with Crippen molar-refractivity contribution < 1.29 is 18.0 Å². The van der Waals surface area contributed by atoms with Crippen LogP contribution in [0.1, 0.15) is 31.9 Å². The molecule has 0 saturated carbocycles. The third-order valence-electron chi connectivity index (χ3n) is 6.85. The maximum Gasteiger partial charge on any atom is 0.264 e. The molecule has 0 heterocycles. The maximum absolute atomic E-state index is 14.5. The predicted octanol–water partition coefficient (Wildman–Crippen LogP) is 8.05. The van der Waals surface area contributed by atoms with E-state index in [9.17, 15) is 18.0 Å². The highest BCUT2D eigenvalue weighted by Gasteiger charge is 2.36. The highest BCUT2D eigenvalue weighted by atomic mass is 35.5. The van der Waals surface area contributed by atoms with Gasteiger partial charge in [0.25, 0.3) is 10.0 Å². The highest BCUT2D eigenvalue weighted by molar-refractivity contribution is 7.92. The lowest BCUT2D eigenvalue weighted by Crippen LogP contribution is -2.56. The van der Waals surface area contributed by atoms with Gasteiger partial charge in [0.2, 0.25) is 11.8 Å². The first kappa shape index (κ1) is 35.6. The van der Waals surface area contributed by atoms with Crippen molar-refractivity contribution in [2.45, 2.75) is 50.2 Å². The first-order valence-electron chi connectivity index (χ1n) is 14.3. The van der Waals surface area contributed by atoms with Gasteiger partial charge in [-0.25, -0.2) is 8.42 Å². The lowest BCUT2D eigenvalue weighted by atomic mass is 10.0. The summed E-state index contributed by atoms with van der Waals surface area (Å²) >= 11 is 25.1. The van der Waals surface area contributed by atoms with Crippen LogP contribution in [0, 0.1) is 0 Å². The first-order chi connectivity index (χ1) is 21.6. The zero-order valence-electron chi connectivity index (χ0n) is 25.4. The number of rotatable bonds is 11. The molecule has 0 saturated heterocycles. The predicted molar refractivity (Wildman–Crippen MR) is 186 cm³/mol. The molecule has 0 radical (unpaired) electrons. The van der Waals surface area contributed by atoms with E-state index in [1.165, 1.54) is 35.2 Å². The van der Waals surface area contributed by atoms with Crippen molar-refractivity contribution >= 4 is 73.9 Å². The molecule has 1 N–H and O–H groups in total. The monoisotopic (exact) mass is 719 g/mol. The molecule has 0 unspecified atom stereocenters. The topological polar surface area (TPSA) is 86.8 Å². The van der Waals surface area contributed by atoms with Gasteiger partial charge in [-0.2, -0.15) is 0 Å². The number of sulfonamides is 1. The molecule has 7 nitrogen and oxygen atoms in total. The van der Waals surface area contributed by atoms with Crippen LogP contribution in [0.15, 0.2) is 102 Å². The van der Waals surface area contributed by atoms with Gasteiger partial charge in [0.1, 0.15) is 12.6 Å². The zero-order valence-corrected chi connectivity index (χ0v) is 29.2. The van der Waals surface area contributed by atoms with E-state index in [0.29, 0.717) is 10.6 Å². The van der Waals surface area contributed by atoms with Crippen molar-refractivity contribution in [3.63, 3.8) is 0 Å². The Labute approximate surface area is 290 Å². The van der Waals surface area contributed by atoms with Gasteiger partial charge in [-0.15, -0.1) is 0 Å². The summed E-state index contributed by atoms with van der Waals surface area (Å²) in [5.74, 6) is -1.06. The van der Waals surface area contributed by atoms with Gasteiger partial charge in [-0.1, -0.05) is 101 Å². The van der Waals surface area contributed by atoms with Crippen LogP contribution in [0.5, 0.6) is 0 Å². The average molecular weight is 722 g/mol. The molecule has 0 spiro atoms. The third-order valence-corrected chi connectivity index (χ3v) is 9.82. The smallest absolute Gasteiger partial charge is 0.264 e. The minimum Gasteiger partial charge on any atom is -0.350 e. The maximum atomic E-state index is 14.5. The lowest BCUT2D eigenvalue weighted by molar-refractivity contribution is -0.140. The van der Waals surface area contributed by atoms with Gasteiger partial charge in [0.05, 0.1) is 20.6 Å². The third kappa shape index (κ3) is 9.39. The van der Waals surface area contributed by atoms with E-state index in [2.05, 4.69) is 5.32 Å². The molecule has 0 aliphatic rings. The average Bonchev–Trinajstić information content (AvgIpc) is 2.98. The number of carbonyl (C=O) groups excluding carboxylic acids is 2. The largest absolute Gasteiger partial charge is 0.350 e. The molecule has 12 heteroatoms. The number of nitrogens with one attached hydrogen (secondary N) is 1. The molecule has 4 rings (SSSR count). The number of benzene rings is 4. The Morgan fingerprint density at radius 1 is 0.761 bits per heavy atom. The second kappa shape index (κ2) is 15.1. The van der Waals surface area contributed by atoms with Gasteiger partial charge in [0, 0.05) is 28.5 Å². The molecule has 0 bridgehead atoms. The van der Waals surface area contributed by atoms with E-state index in [0.717, 1.165) is 9.87 Å². The molecule has 4 aromatic carbocycles. The van der Waals surface area contributed by atoms with Gasteiger partial charge in [-0.3, -0.25) is 13.9 Å². The Balaban J connectivity index is 1.85. The lowest BCUT2D eigenvalue weighted by Gasteiger charge is -2.35. The highest BCUT2D eigenvalue weighted by Crippen LogP contribution is 2.31. The fraction of sp³-hybridized carbons (Fsp3) is 0.235. The van der Waals surface area contributed by atoms with Gasteiger partial charge >= 0.3 is 0 Å². The summed E-state index contributed by atoms with van der Waals surface area (Å²) in [6, 6.07) is 25.2. The van der Waals surface area contributed by atoms with Gasteiger partial charge < -0.3 is 10.2 Å². The fourth-order valence-corrected chi connectivity index (χ4v) is 7.03. The summed E-state index contributed by atoms with van der Waals surface area (Å²) in [4.78, 5) is 29.8. The molecule has 0 fully saturated rings. The van der Waals surface area contributed by atoms with Crippen molar-refractivity contribution in [1.29, 1.82) is 0 Å². The summed E-state index contributed by atoms with van der Waals surface area (Å²) in [6.07, 6.45) is 0.157. The van der Waals surface area contributed by atoms with E-state index in [1.807, 2.05) is 51.1 Å². The van der Waals surface area contributed by atoms with Crippen molar-refractivity contribution in [1.82, 2.24) is 10.2 Å². The van der Waals surface area contributed by atoms with Crippen LogP contribution in [-0.4, -0.2) is 43.3 Å². The van der Waals surface area contributed by atoms with Crippen molar-refractivity contribution in [2.24, 2.45) is 0 Å². The number of hydrogen-bond acceptors (Lipinski definition) is 4. The Kier molecular flexibility index (Phi) is 11.7. The number of carbonyl (C=O) groups is 2. The van der Waals surface area contributed by atoms with Gasteiger partial charge in [-0.05, 0) is 74.4 Å². The molecular weight excluding hydrogens is 688 g/mol. The minimum atomic E-state index is -4.31. The Morgan fingerprint density at radius 2 is 1.35 bits per heavy atom. The quantitative estimate of drug-likeness (QED) is 0.170. The summed E-state index contributed by atoms with van der Waals surface area (Å²) < 4.78 is 29.1. The number of amides is 2. The molecular formula is C34H33Cl4N3O4S. The summed E-state index contributed by atoms with van der Waals surface area (Å²) in [5, 5.41) is 3.95. The van der Waals surface area contributed by atoms with E-state index >= 15 is 0 Å². The SMILES string of the molecule is CC(C)(C)NC(=O)[C@@H](Cc1ccccc1)N(Cc1ccc(Cl)c(Cl)c1)C(=O)CN(c1cc(Cl)cc(Cl)c1)S(=O)(=O)c1ccccc1. The summed E-state index contributed by atoms with van der Waals surface area (Å²) in [7, 11) is -4.31. The van der Waals surface area contributed by atoms with Crippen LogP contribution in [-0.2, 0) is 32.6 Å². The fourth-order valence-electron chi connectivity index (χ4n) is 4.77. The second-order valence-electron chi connectivity index (χ2n) is 11.7. The summed E-state index contributed by atoms with van der Waals surface area (Å²) in [5.41, 5.74) is 0.860. The first-order valence-corrected chi connectivity index (χ1v) is 17.2. The van der Waals surface area contributed by atoms with Crippen LogP contribution in [0.2, 0.25) is 20.1 Å². The Bertz CT molecular complexity index is 1780. The van der Waals surface area contributed by atoms with E-state index < -0.39 is 40.0 Å². The molecule has 2 amide bonds. The van der Waals surface area contributed by atoms with E-state index in [4.69, 9.17) is 46.4 Å². The Hall–Kier alpha value is -3.27. The standard InChI is InChI=1S/C34H33Cl4N3O4S/c1-34(2,3)39-33(43)31(17-23-10-6-4-7-11-23)40(21-24-14-15-29(37)30(38)16-24)32(42)22-41(27-19-25(35)18-26(36)20-27)46(44,45)28-12-8-5-9-13-28/h4-16,18-20,31H,17,21-22H2,1-3H3,(H,39,43)/t31-/m1/s1. The molecule has 1 atom stereocenters. The van der Waals surface area contributed by atoms with Crippen molar-refractivity contribution in [3.05, 3.63) is 128 Å². The molecule has 242 valence electrons. The van der Waals surface area contributed by atoms with Crippen molar-refractivity contribution in [2.75, 3.05) is 10.8 Å². The molecule has 0 aliphatic heterocycles. The van der Waals surface area contributed by atoms with E-state index in [-0.39, 0.29) is 38.6 Å². The Morgan fingerprint density at radius 3 is 1.91 bits per heavy atom. The molecule has 0 aliphatic carbocycles. The van der Waals surface area contributed by atoms with Crippen LogP contribution in [0.4, 0.5) is 5.69 Å². The van der Waals surface area contributed by atoms with Crippen molar-refractivity contribution in [3.8, 4) is 0 Å². The van der Waals surface area contributed by atoms with Crippen LogP contribution >= 0.6 is 46.4 Å². The molecule has 4 aromatic rings. The second-order valence-corrected chi connectivity index (χ2v) is 15.2. The molecule has 46 heavy (non-hydrogen) atoms. The molecule has 0 aromatic heterocycles. The van der Waals surface area contributed by atoms with Crippen LogP contribution in [0.25, 0.3) is 0 Å². The van der Waals surface area contributed by atoms with E-state index in [1.54, 1.807) is 36.4 Å².